The van der Waals surface area contributed by atoms with Crippen molar-refractivity contribution in [2.45, 2.75) is 18.0 Å². The summed E-state index contributed by atoms with van der Waals surface area (Å²) in [5.74, 6) is -3.42. The molecule has 4 heterocycles. The van der Waals surface area contributed by atoms with Crippen molar-refractivity contribution < 1.29 is 28.3 Å². The minimum atomic E-state index is -1.54. The molecule has 1 aromatic carbocycles. The first kappa shape index (κ1) is 19.5. The highest BCUT2D eigenvalue weighted by atomic mass is 16.5. The van der Waals surface area contributed by atoms with Gasteiger partial charge in [0.15, 0.2) is 0 Å². The predicted molar refractivity (Wildman–Crippen MR) is 106 cm³/mol. The first-order valence-electron chi connectivity index (χ1n) is 10.1. The Morgan fingerprint density at radius 2 is 1.94 bits per heavy atom. The zero-order valence-corrected chi connectivity index (χ0v) is 16.8. The van der Waals surface area contributed by atoms with Gasteiger partial charge in [0, 0.05) is 13.1 Å². The largest absolute Gasteiger partial charge is 0.469 e. The molecule has 2 aromatic rings. The SMILES string of the molecule is COC(=O)C[C@]12C(=O)NCCN1[C@H](c1ccco1)[C@@H]1C(=O)N(c3ccccc3)C(=O)[C@@H]12. The van der Waals surface area contributed by atoms with Crippen molar-refractivity contribution in [2.75, 3.05) is 25.1 Å². The normalized spacial score (nSPS) is 30.2. The third-order valence-electron chi connectivity index (χ3n) is 6.58. The summed E-state index contributed by atoms with van der Waals surface area (Å²) in [4.78, 5) is 56.0. The van der Waals surface area contributed by atoms with Crippen molar-refractivity contribution in [1.29, 1.82) is 0 Å². The molecule has 0 spiro atoms. The summed E-state index contributed by atoms with van der Waals surface area (Å²) in [6, 6.07) is 11.4. The number of piperazine rings is 1. The number of nitrogens with zero attached hydrogens (tertiary/aromatic N) is 2. The van der Waals surface area contributed by atoms with E-state index in [1.807, 2.05) is 0 Å². The third kappa shape index (κ3) is 2.59. The molecule has 0 aliphatic carbocycles. The van der Waals surface area contributed by atoms with Crippen LogP contribution in [0.25, 0.3) is 0 Å². The zero-order valence-electron chi connectivity index (χ0n) is 16.8. The lowest BCUT2D eigenvalue weighted by molar-refractivity contribution is -0.154. The molecule has 1 N–H and O–H groups in total. The number of para-hydroxylation sites is 1. The van der Waals surface area contributed by atoms with Gasteiger partial charge in [-0.2, -0.15) is 0 Å². The number of hydrogen-bond donors (Lipinski definition) is 1. The quantitative estimate of drug-likeness (QED) is 0.574. The smallest absolute Gasteiger partial charge is 0.307 e. The van der Waals surface area contributed by atoms with Gasteiger partial charge in [-0.3, -0.25) is 24.1 Å². The summed E-state index contributed by atoms with van der Waals surface area (Å²) >= 11 is 0. The molecule has 0 radical (unpaired) electrons. The van der Waals surface area contributed by atoms with Gasteiger partial charge >= 0.3 is 5.97 Å². The van der Waals surface area contributed by atoms with Crippen LogP contribution in [0, 0.1) is 11.8 Å². The molecule has 31 heavy (non-hydrogen) atoms. The summed E-state index contributed by atoms with van der Waals surface area (Å²) in [6.45, 7) is 0.705. The van der Waals surface area contributed by atoms with E-state index >= 15 is 0 Å². The number of hydrogen-bond acceptors (Lipinski definition) is 7. The van der Waals surface area contributed by atoms with Crippen molar-refractivity contribution in [3.63, 3.8) is 0 Å². The first-order valence-corrected chi connectivity index (χ1v) is 10.1. The van der Waals surface area contributed by atoms with E-state index in [1.165, 1.54) is 13.4 Å². The number of methoxy groups -OCH3 is 1. The van der Waals surface area contributed by atoms with E-state index in [1.54, 1.807) is 47.4 Å². The average molecular weight is 423 g/mol. The fraction of sp³-hybridized carbons (Fsp3) is 0.364. The molecule has 0 bridgehead atoms. The van der Waals surface area contributed by atoms with E-state index in [2.05, 4.69) is 5.32 Å². The molecule has 0 saturated carbocycles. The molecule has 9 heteroatoms. The number of furan rings is 1. The van der Waals surface area contributed by atoms with Crippen LogP contribution in [0.3, 0.4) is 0 Å². The summed E-state index contributed by atoms with van der Waals surface area (Å²) in [6.07, 6.45) is 1.15. The molecule has 4 atom stereocenters. The van der Waals surface area contributed by atoms with Gasteiger partial charge in [0.2, 0.25) is 17.7 Å². The molecule has 160 valence electrons. The van der Waals surface area contributed by atoms with Crippen molar-refractivity contribution in [2.24, 2.45) is 11.8 Å². The van der Waals surface area contributed by atoms with Crippen LogP contribution in [0.15, 0.2) is 53.1 Å². The van der Waals surface area contributed by atoms with E-state index in [0.717, 1.165) is 4.90 Å². The molecule has 0 unspecified atom stereocenters. The lowest BCUT2D eigenvalue weighted by Gasteiger charge is -2.44. The maximum atomic E-state index is 13.7. The number of ether oxygens (including phenoxy) is 1. The van der Waals surface area contributed by atoms with Crippen molar-refractivity contribution in [3.05, 3.63) is 54.5 Å². The predicted octanol–water partition coefficient (Wildman–Crippen LogP) is 0.874. The van der Waals surface area contributed by atoms with Gasteiger partial charge in [-0.05, 0) is 24.3 Å². The van der Waals surface area contributed by atoms with Crippen LogP contribution in [-0.4, -0.2) is 54.3 Å². The number of nitrogens with one attached hydrogen (secondary N) is 1. The van der Waals surface area contributed by atoms with Crippen LogP contribution in [0.5, 0.6) is 0 Å². The van der Waals surface area contributed by atoms with Crippen molar-refractivity contribution in [3.8, 4) is 0 Å². The number of imide groups is 1. The number of benzene rings is 1. The summed E-state index contributed by atoms with van der Waals surface area (Å²) in [5.41, 5.74) is -1.11. The molecular weight excluding hydrogens is 402 g/mol. The van der Waals surface area contributed by atoms with Gasteiger partial charge in [-0.25, -0.2) is 4.90 Å². The number of amides is 3. The van der Waals surface area contributed by atoms with E-state index in [4.69, 9.17) is 9.15 Å². The third-order valence-corrected chi connectivity index (χ3v) is 6.58. The minimum absolute atomic E-state index is 0.336. The molecule has 5 rings (SSSR count). The van der Waals surface area contributed by atoms with Crippen LogP contribution in [0.2, 0.25) is 0 Å². The van der Waals surface area contributed by atoms with Gasteiger partial charge in [-0.15, -0.1) is 0 Å². The number of anilines is 1. The van der Waals surface area contributed by atoms with Gasteiger partial charge in [0.1, 0.15) is 11.3 Å². The molecule has 3 amide bonds. The van der Waals surface area contributed by atoms with Crippen LogP contribution in [0.1, 0.15) is 18.2 Å². The van der Waals surface area contributed by atoms with E-state index < -0.39 is 47.1 Å². The standard InChI is InChI=1S/C22H21N3O6/c1-30-15(26)12-22-17-16(19(27)25(20(17)28)13-6-3-2-4-7-13)18(14-8-5-11-31-14)24(22)10-9-23-21(22)29/h2-8,11,16-18H,9-10,12H2,1H3,(H,23,29)/t16-,17-,18-,22+/m1/s1. The Hall–Kier alpha value is -3.46. The molecular formula is C22H21N3O6. The number of fused-ring (bicyclic) bond motifs is 3. The number of carbonyl (C=O) groups excluding carboxylic acids is 4. The Bertz CT molecular complexity index is 1050. The first-order chi connectivity index (χ1) is 15.0. The van der Waals surface area contributed by atoms with Gasteiger partial charge in [0.25, 0.3) is 0 Å². The highest BCUT2D eigenvalue weighted by molar-refractivity contribution is 6.24. The van der Waals surface area contributed by atoms with Gasteiger partial charge < -0.3 is 14.5 Å². The molecule has 3 saturated heterocycles. The zero-order chi connectivity index (χ0) is 21.8. The topological polar surface area (TPSA) is 109 Å². The van der Waals surface area contributed by atoms with E-state index in [0.29, 0.717) is 24.5 Å². The highest BCUT2D eigenvalue weighted by Crippen LogP contribution is 2.57. The Morgan fingerprint density at radius 1 is 1.16 bits per heavy atom. The second-order valence-electron chi connectivity index (χ2n) is 7.94. The minimum Gasteiger partial charge on any atom is -0.469 e. The van der Waals surface area contributed by atoms with Crippen LogP contribution in [-0.2, 0) is 23.9 Å². The summed E-state index contributed by atoms with van der Waals surface area (Å²) < 4.78 is 10.5. The molecule has 3 aliphatic heterocycles. The van der Waals surface area contributed by atoms with Crippen LogP contribution >= 0.6 is 0 Å². The van der Waals surface area contributed by atoms with Crippen molar-refractivity contribution >= 4 is 29.4 Å². The fourth-order valence-electron chi connectivity index (χ4n) is 5.39. The Balaban J connectivity index is 1.70. The van der Waals surface area contributed by atoms with Crippen LogP contribution in [0.4, 0.5) is 5.69 Å². The van der Waals surface area contributed by atoms with Gasteiger partial charge in [-0.1, -0.05) is 18.2 Å². The van der Waals surface area contributed by atoms with E-state index in [9.17, 15) is 19.2 Å². The number of rotatable bonds is 4. The lowest BCUT2D eigenvalue weighted by Crippen LogP contribution is -2.67. The van der Waals surface area contributed by atoms with Crippen molar-refractivity contribution in [1.82, 2.24) is 10.2 Å². The highest BCUT2D eigenvalue weighted by Gasteiger charge is 2.73. The molecule has 3 fully saturated rings. The van der Waals surface area contributed by atoms with Crippen LogP contribution < -0.4 is 10.2 Å². The maximum absolute atomic E-state index is 13.7. The fourth-order valence-corrected chi connectivity index (χ4v) is 5.39. The monoisotopic (exact) mass is 423 g/mol. The molecule has 1 aromatic heterocycles. The number of esters is 1. The maximum Gasteiger partial charge on any atom is 0.307 e. The Morgan fingerprint density at radius 3 is 2.61 bits per heavy atom. The summed E-state index contributed by atoms with van der Waals surface area (Å²) in [5, 5.41) is 2.79. The van der Waals surface area contributed by atoms with Gasteiger partial charge in [0.05, 0.1) is 43.4 Å². The van der Waals surface area contributed by atoms with E-state index in [-0.39, 0.29) is 6.42 Å². The molecule has 9 nitrogen and oxygen atoms in total. The molecule has 3 aliphatic rings. The lowest BCUT2D eigenvalue weighted by atomic mass is 9.76. The number of carbonyl (C=O) groups is 4. The summed E-state index contributed by atoms with van der Waals surface area (Å²) in [7, 11) is 1.23. The second-order valence-corrected chi connectivity index (χ2v) is 7.94. The Labute approximate surface area is 177 Å². The Kier molecular flexibility index (Phi) is 4.44. The average Bonchev–Trinajstić information content (AvgIpc) is 3.45. The second kappa shape index (κ2) is 7.05.